The molecule has 0 spiro atoms. The van der Waals surface area contributed by atoms with Gasteiger partial charge in [0.15, 0.2) is 0 Å². The molecule has 20 heavy (non-hydrogen) atoms. The highest BCUT2D eigenvalue weighted by atomic mass is 35.5. The lowest BCUT2D eigenvalue weighted by atomic mass is 10.1. The fourth-order valence-corrected chi connectivity index (χ4v) is 3.02. The maximum absolute atomic E-state index is 12.0. The summed E-state index contributed by atoms with van der Waals surface area (Å²) < 4.78 is 5.63. The average molecular weight is 295 g/mol. The minimum Gasteiger partial charge on any atom is -0.378 e. The Bertz CT molecular complexity index is 471. The molecule has 0 saturated carbocycles. The van der Waals surface area contributed by atoms with Gasteiger partial charge in [-0.2, -0.15) is 0 Å². The monoisotopic (exact) mass is 294 g/mol. The summed E-state index contributed by atoms with van der Waals surface area (Å²) in [5.41, 5.74) is 1.08. The number of hydrogen-bond acceptors (Lipinski definition) is 3. The van der Waals surface area contributed by atoms with Crippen LogP contribution in [0.15, 0.2) is 24.3 Å². The van der Waals surface area contributed by atoms with E-state index in [4.69, 9.17) is 16.3 Å². The zero-order valence-corrected chi connectivity index (χ0v) is 12.1. The normalized spacial score (nSPS) is 26.4. The average Bonchev–Trinajstić information content (AvgIpc) is 3.07. The number of benzene rings is 1. The van der Waals surface area contributed by atoms with Crippen molar-refractivity contribution in [3.05, 3.63) is 34.9 Å². The van der Waals surface area contributed by atoms with Crippen molar-refractivity contribution in [2.45, 2.75) is 31.5 Å². The highest BCUT2D eigenvalue weighted by Gasteiger charge is 2.32. The molecule has 5 heteroatoms. The largest absolute Gasteiger partial charge is 0.378 e. The second kappa shape index (κ2) is 6.12. The van der Waals surface area contributed by atoms with E-state index in [1.807, 2.05) is 29.2 Å². The van der Waals surface area contributed by atoms with E-state index in [2.05, 4.69) is 5.32 Å². The molecule has 0 aliphatic carbocycles. The Labute approximate surface area is 124 Å². The summed E-state index contributed by atoms with van der Waals surface area (Å²) in [5, 5.41) is 3.97. The predicted molar refractivity (Wildman–Crippen MR) is 77.5 cm³/mol. The van der Waals surface area contributed by atoms with Crippen LogP contribution in [0.1, 0.15) is 31.0 Å². The van der Waals surface area contributed by atoms with Crippen molar-refractivity contribution < 1.29 is 9.53 Å². The number of nitrogens with zero attached hydrogens (tertiary/aromatic N) is 1. The van der Waals surface area contributed by atoms with Crippen molar-refractivity contribution in [3.8, 4) is 0 Å². The van der Waals surface area contributed by atoms with Gasteiger partial charge in [0.25, 0.3) is 0 Å². The molecule has 2 unspecified atom stereocenters. The van der Waals surface area contributed by atoms with Crippen LogP contribution in [0.3, 0.4) is 0 Å². The topological polar surface area (TPSA) is 41.6 Å². The van der Waals surface area contributed by atoms with Crippen LogP contribution < -0.4 is 5.32 Å². The Balaban J connectivity index is 1.66. The number of amides is 1. The van der Waals surface area contributed by atoms with Crippen LogP contribution >= 0.6 is 11.6 Å². The van der Waals surface area contributed by atoms with Gasteiger partial charge >= 0.3 is 0 Å². The summed E-state index contributed by atoms with van der Waals surface area (Å²) in [6.45, 7) is 2.00. The molecule has 2 fully saturated rings. The van der Waals surface area contributed by atoms with Gasteiger partial charge < -0.3 is 9.64 Å². The maximum Gasteiger partial charge on any atom is 0.238 e. The number of nitrogens with one attached hydrogen (secondary N) is 1. The zero-order chi connectivity index (χ0) is 13.9. The van der Waals surface area contributed by atoms with E-state index < -0.39 is 0 Å². The molecular formula is C15H19ClN2O2. The second-order valence-corrected chi connectivity index (χ2v) is 5.78. The minimum absolute atomic E-state index is 0.0406. The minimum atomic E-state index is -0.0406. The highest BCUT2D eigenvalue weighted by Crippen LogP contribution is 2.25. The molecule has 1 amide bonds. The number of halogens is 1. The van der Waals surface area contributed by atoms with Gasteiger partial charge in [-0.3, -0.25) is 10.1 Å². The van der Waals surface area contributed by atoms with Gasteiger partial charge in [-0.25, -0.2) is 0 Å². The molecule has 1 N–H and O–H groups in total. The lowest BCUT2D eigenvalue weighted by Gasteiger charge is -2.25. The molecule has 1 aromatic carbocycles. The second-order valence-electron chi connectivity index (χ2n) is 5.35. The van der Waals surface area contributed by atoms with E-state index in [1.165, 1.54) is 0 Å². The molecule has 2 aliphatic heterocycles. The first kappa shape index (κ1) is 13.9. The van der Waals surface area contributed by atoms with Crippen LogP contribution in [0.2, 0.25) is 5.02 Å². The molecule has 0 aromatic heterocycles. The first-order valence-electron chi connectivity index (χ1n) is 7.14. The van der Waals surface area contributed by atoms with E-state index in [0.29, 0.717) is 17.7 Å². The molecule has 3 rings (SSSR count). The Kier molecular flexibility index (Phi) is 4.24. The molecule has 0 bridgehead atoms. The fraction of sp³-hybridized carbons (Fsp3) is 0.533. The van der Waals surface area contributed by atoms with Gasteiger partial charge in [0.2, 0.25) is 5.91 Å². The van der Waals surface area contributed by atoms with E-state index in [0.717, 1.165) is 38.0 Å². The SMILES string of the molecule is O=C1CNC(c2ccc(Cl)cc2)N1CCC1CCCO1. The first-order valence-corrected chi connectivity index (χ1v) is 7.52. The van der Waals surface area contributed by atoms with Gasteiger partial charge in [-0.05, 0) is 37.0 Å². The van der Waals surface area contributed by atoms with Crippen molar-refractivity contribution in [2.24, 2.45) is 0 Å². The first-order chi connectivity index (χ1) is 9.74. The summed E-state index contributed by atoms with van der Waals surface area (Å²) in [6.07, 6.45) is 3.44. The van der Waals surface area contributed by atoms with Gasteiger partial charge in [-0.1, -0.05) is 23.7 Å². The third-order valence-electron chi connectivity index (χ3n) is 3.98. The Morgan fingerprint density at radius 3 is 2.85 bits per heavy atom. The molecule has 2 atom stereocenters. The number of rotatable bonds is 4. The molecule has 2 heterocycles. The van der Waals surface area contributed by atoms with Crippen molar-refractivity contribution in [2.75, 3.05) is 19.7 Å². The van der Waals surface area contributed by atoms with Crippen LogP contribution in [-0.4, -0.2) is 36.6 Å². The van der Waals surface area contributed by atoms with Crippen LogP contribution in [0.5, 0.6) is 0 Å². The fourth-order valence-electron chi connectivity index (χ4n) is 2.89. The number of carbonyl (C=O) groups is 1. The molecular weight excluding hydrogens is 276 g/mol. The Hall–Kier alpha value is -1.10. The van der Waals surface area contributed by atoms with E-state index >= 15 is 0 Å². The standard InChI is InChI=1S/C15H19ClN2O2/c16-12-5-3-11(4-6-12)15-17-10-14(19)18(15)8-7-13-2-1-9-20-13/h3-6,13,15,17H,1-2,7-10H2. The molecule has 4 nitrogen and oxygen atoms in total. The lowest BCUT2D eigenvalue weighted by molar-refractivity contribution is -0.128. The van der Waals surface area contributed by atoms with Crippen LogP contribution in [0, 0.1) is 0 Å². The lowest BCUT2D eigenvalue weighted by Crippen LogP contribution is -2.32. The third-order valence-corrected chi connectivity index (χ3v) is 4.23. The van der Waals surface area contributed by atoms with Gasteiger partial charge in [-0.15, -0.1) is 0 Å². The maximum atomic E-state index is 12.0. The third kappa shape index (κ3) is 2.97. The molecule has 0 radical (unpaired) electrons. The molecule has 108 valence electrons. The van der Waals surface area contributed by atoms with Gasteiger partial charge in [0.05, 0.1) is 12.6 Å². The quantitative estimate of drug-likeness (QED) is 0.927. The Morgan fingerprint density at radius 2 is 2.15 bits per heavy atom. The van der Waals surface area contributed by atoms with Crippen LogP contribution in [0.25, 0.3) is 0 Å². The highest BCUT2D eigenvalue weighted by molar-refractivity contribution is 6.30. The van der Waals surface area contributed by atoms with Crippen molar-refractivity contribution in [1.29, 1.82) is 0 Å². The van der Waals surface area contributed by atoms with Gasteiger partial charge in [0.1, 0.15) is 6.17 Å². The van der Waals surface area contributed by atoms with Crippen LogP contribution in [-0.2, 0) is 9.53 Å². The smallest absolute Gasteiger partial charge is 0.238 e. The molecule has 2 aliphatic rings. The zero-order valence-electron chi connectivity index (χ0n) is 11.3. The summed E-state index contributed by atoms with van der Waals surface area (Å²) in [4.78, 5) is 13.9. The van der Waals surface area contributed by atoms with E-state index in [-0.39, 0.29) is 12.1 Å². The predicted octanol–water partition coefficient (Wildman–Crippen LogP) is 2.34. The summed E-state index contributed by atoms with van der Waals surface area (Å²) >= 11 is 5.91. The number of carbonyl (C=O) groups excluding carboxylic acids is 1. The number of hydrogen-bond donors (Lipinski definition) is 1. The van der Waals surface area contributed by atoms with E-state index in [1.54, 1.807) is 0 Å². The van der Waals surface area contributed by atoms with E-state index in [9.17, 15) is 4.79 Å². The van der Waals surface area contributed by atoms with Crippen molar-refractivity contribution in [1.82, 2.24) is 10.2 Å². The summed E-state index contributed by atoms with van der Waals surface area (Å²) in [7, 11) is 0. The Morgan fingerprint density at radius 1 is 1.35 bits per heavy atom. The summed E-state index contributed by atoms with van der Waals surface area (Å²) in [6, 6.07) is 7.66. The van der Waals surface area contributed by atoms with Gasteiger partial charge in [0, 0.05) is 18.2 Å². The number of ether oxygens (including phenoxy) is 1. The summed E-state index contributed by atoms with van der Waals surface area (Å²) in [5.74, 6) is 0.156. The molecule has 2 saturated heterocycles. The van der Waals surface area contributed by atoms with Crippen molar-refractivity contribution >= 4 is 17.5 Å². The van der Waals surface area contributed by atoms with Crippen molar-refractivity contribution in [3.63, 3.8) is 0 Å². The van der Waals surface area contributed by atoms with Crippen LogP contribution in [0.4, 0.5) is 0 Å². The molecule has 1 aromatic rings.